The molecule has 132 heavy (non-hydrogen) atoms. The summed E-state index contributed by atoms with van der Waals surface area (Å²) in [6.07, 6.45) is 23.9. The first-order chi connectivity index (χ1) is 63.4. The van der Waals surface area contributed by atoms with Crippen molar-refractivity contribution in [2.24, 2.45) is 71.0 Å². The highest BCUT2D eigenvalue weighted by atomic mass is 35.5. The van der Waals surface area contributed by atoms with E-state index < -0.39 is 52.1 Å². The Hall–Kier alpha value is -6.88. The predicted octanol–water partition coefficient (Wildman–Crippen LogP) is 17.5. The molecule has 3 spiro atoms. The zero-order chi connectivity index (χ0) is 93.2. The lowest BCUT2D eigenvalue weighted by atomic mass is 9.65. The van der Waals surface area contributed by atoms with Crippen molar-refractivity contribution in [3.8, 4) is 17.2 Å². The predicted molar refractivity (Wildman–Crippen MR) is 526 cm³/mol. The number of amides is 3. The van der Waals surface area contributed by atoms with Crippen molar-refractivity contribution < 1.29 is 74.4 Å². The van der Waals surface area contributed by atoms with E-state index in [9.17, 15) is 50.7 Å². The van der Waals surface area contributed by atoms with Gasteiger partial charge in [-0.05, 0) is 356 Å². The van der Waals surface area contributed by atoms with Gasteiger partial charge in [0.25, 0.3) is 17.7 Å². The first-order valence-electron chi connectivity index (χ1n) is 48.9. The van der Waals surface area contributed by atoms with E-state index in [4.69, 9.17) is 58.5 Å². The highest BCUT2D eigenvalue weighted by Gasteiger charge is 2.51. The Morgan fingerprint density at radius 2 is 0.735 bits per heavy atom. The molecule has 18 rings (SSSR count). The first kappa shape index (κ1) is 98.2. The number of anilines is 3. The molecule has 6 heterocycles. The van der Waals surface area contributed by atoms with Gasteiger partial charge in [0.1, 0.15) is 17.2 Å². The van der Waals surface area contributed by atoms with Crippen LogP contribution in [0.2, 0.25) is 15.1 Å². The van der Waals surface area contributed by atoms with Gasteiger partial charge in [-0.2, -0.15) is 0 Å². The second-order valence-corrected chi connectivity index (χ2v) is 48.9. The smallest absolute Gasteiger partial charge is 0.264 e. The molecule has 22 nitrogen and oxygen atoms in total. The summed E-state index contributed by atoms with van der Waals surface area (Å²) in [5.74, 6) is 7.55. The molecule has 6 bridgehead atoms. The van der Waals surface area contributed by atoms with E-state index in [1.165, 1.54) is 33.4 Å². The SMILES string of the molecule is C=S1(=O)NC(=O)c2ccc3c(c2)N(C[C@@H]2CC[C@H]2[C@H](CO)CCC[C@H](C)[C@H]1C)C[C@@]1(CCCc2cc(Cl)ccc21)CO3.COCC[C@@H]1[C@@H](C)CCC[C@@H](CO)[C@@H]2CC[C@H]2CN2C[C@@]3(CCCc4cc(Cl)ccc43)COc3ccc(cc32)C(=O)NS1(=O)=O.COCC[C@@H]1[C@@H](C)CCC[C@H](CO)[C@@H]2CC[C@H]2CN2C[C@@]3(CCCc4cc(Cl)ccc43)COc3ccc(cc32)C(=O)NS1(=O)=O. The van der Waals surface area contributed by atoms with Crippen LogP contribution in [0.4, 0.5) is 17.1 Å². The van der Waals surface area contributed by atoms with Crippen LogP contribution in [-0.2, 0) is 74.7 Å². The number of nitrogens with one attached hydrogen (secondary N) is 3. The van der Waals surface area contributed by atoms with E-state index in [1.54, 1.807) is 32.4 Å². The third-order valence-corrected chi connectivity index (χ3v) is 40.2. The minimum Gasteiger partial charge on any atom is -0.490 e. The van der Waals surface area contributed by atoms with Crippen molar-refractivity contribution >= 4 is 105 Å². The zero-order valence-electron chi connectivity index (χ0n) is 77.9. The number of nitrogens with zero attached hydrogens (tertiary/aromatic N) is 3. The Morgan fingerprint density at radius 3 is 1.04 bits per heavy atom. The molecule has 3 fully saturated rings. The molecule has 12 aliphatic rings. The molecule has 19 atom stereocenters. The number of halogens is 3. The quantitative estimate of drug-likeness (QED) is 0.0733. The molecule has 6 aliphatic carbocycles. The van der Waals surface area contributed by atoms with E-state index in [0.717, 1.165) is 218 Å². The van der Waals surface area contributed by atoms with E-state index in [-0.39, 0.29) is 95.9 Å². The maximum atomic E-state index is 13.7. The number of aliphatic hydroxyl groups excluding tert-OH is 3. The molecule has 3 amide bonds. The van der Waals surface area contributed by atoms with Gasteiger partial charge < -0.3 is 53.7 Å². The minimum absolute atomic E-state index is 0.138. The van der Waals surface area contributed by atoms with Crippen LogP contribution in [0.5, 0.6) is 17.2 Å². The second-order valence-electron chi connectivity index (χ2n) is 41.4. The number of hydrogen-bond donors (Lipinski definition) is 6. The number of sulfonamides is 2. The zero-order valence-corrected chi connectivity index (χ0v) is 82.6. The topological polar surface area (TPSA) is 289 Å². The summed E-state index contributed by atoms with van der Waals surface area (Å²) < 4.78 is 106. The number of methoxy groups -OCH3 is 2. The maximum Gasteiger partial charge on any atom is 0.264 e. The number of fused-ring (bicyclic) bond motifs is 12. The first-order valence-corrected chi connectivity index (χ1v) is 54.9. The molecule has 0 aromatic heterocycles. The number of benzene rings is 6. The number of aliphatic hydroxyl groups is 3. The van der Waals surface area contributed by atoms with Gasteiger partial charge in [0, 0.05) is 140 Å². The summed E-state index contributed by atoms with van der Waals surface area (Å²) in [5.41, 5.74) is 10.6. The van der Waals surface area contributed by atoms with E-state index in [1.807, 2.05) is 75.4 Å². The fourth-order valence-corrected chi connectivity index (χ4v) is 30.6. The van der Waals surface area contributed by atoms with Crippen LogP contribution in [0, 0.1) is 71.0 Å². The van der Waals surface area contributed by atoms with Crippen LogP contribution in [0.15, 0.2) is 109 Å². The van der Waals surface area contributed by atoms with Crippen LogP contribution >= 0.6 is 34.8 Å². The molecule has 6 N–H and O–H groups in total. The van der Waals surface area contributed by atoms with Gasteiger partial charge in [-0.3, -0.25) is 19.1 Å². The lowest BCUT2D eigenvalue weighted by Crippen LogP contribution is -2.49. The van der Waals surface area contributed by atoms with E-state index in [0.29, 0.717) is 109 Å². The van der Waals surface area contributed by atoms with Gasteiger partial charge in [-0.15, -0.1) is 0 Å². The molecule has 720 valence electrons. The summed E-state index contributed by atoms with van der Waals surface area (Å²) in [4.78, 5) is 47.9. The molecule has 0 saturated heterocycles. The molecule has 6 aromatic carbocycles. The Morgan fingerprint density at radius 1 is 0.417 bits per heavy atom. The lowest BCUT2D eigenvalue weighted by Gasteiger charge is -2.46. The largest absolute Gasteiger partial charge is 0.490 e. The van der Waals surface area contributed by atoms with E-state index >= 15 is 0 Å². The average Bonchev–Trinajstić information content (AvgIpc) is 1.55. The van der Waals surface area contributed by atoms with Crippen LogP contribution in [0.25, 0.3) is 0 Å². The van der Waals surface area contributed by atoms with Crippen LogP contribution in [0.3, 0.4) is 0 Å². The molecular weight excluding hydrogens is 1790 g/mol. The fourth-order valence-electron chi connectivity index (χ4n) is 25.1. The molecule has 1 unspecified atom stereocenters. The molecule has 0 radical (unpaired) electrons. The van der Waals surface area contributed by atoms with Gasteiger partial charge in [-0.1, -0.05) is 93.0 Å². The molecular formula is C104H139Cl3N6O16S3. The summed E-state index contributed by atoms with van der Waals surface area (Å²) in [6, 6.07) is 34.9. The Bertz CT molecular complexity index is 5270. The maximum absolute atomic E-state index is 13.7. The Labute approximate surface area is 798 Å². The monoisotopic (exact) mass is 1930 g/mol. The summed E-state index contributed by atoms with van der Waals surface area (Å²) in [6.45, 7) is 15.2. The van der Waals surface area contributed by atoms with Crippen LogP contribution < -0.4 is 43.1 Å². The van der Waals surface area contributed by atoms with Crippen molar-refractivity contribution in [2.45, 2.75) is 227 Å². The van der Waals surface area contributed by atoms with Gasteiger partial charge in [0.15, 0.2) is 0 Å². The van der Waals surface area contributed by atoms with Crippen molar-refractivity contribution in [3.63, 3.8) is 0 Å². The number of carbonyl (C=O) groups is 3. The minimum atomic E-state index is -3.98. The molecule has 28 heteroatoms. The number of aryl methyl sites for hydroxylation is 3. The molecule has 6 aliphatic heterocycles. The lowest BCUT2D eigenvalue weighted by molar-refractivity contribution is 0.0568. The number of rotatable bonds is 9. The summed E-state index contributed by atoms with van der Waals surface area (Å²) >= 11 is 19.3. The van der Waals surface area contributed by atoms with Crippen molar-refractivity contribution in [2.75, 3.05) is 121 Å². The van der Waals surface area contributed by atoms with Gasteiger partial charge in [-0.25, -0.2) is 30.5 Å². The fraction of sp³-hybridized carbons (Fsp3) is 0.615. The normalized spacial score (nSPS) is 32.7. The van der Waals surface area contributed by atoms with E-state index in [2.05, 4.69) is 78.1 Å². The number of carbonyl (C=O) groups excluding carboxylic acids is 3. The molecule has 3 saturated carbocycles. The highest BCUT2D eigenvalue weighted by Crippen LogP contribution is 2.54. The Kier molecular flexibility index (Phi) is 31.1. The Balaban J connectivity index is 0.000000145. The summed E-state index contributed by atoms with van der Waals surface area (Å²) in [7, 11) is -7.72. The van der Waals surface area contributed by atoms with Crippen LogP contribution in [0.1, 0.15) is 240 Å². The van der Waals surface area contributed by atoms with Gasteiger partial charge >= 0.3 is 0 Å². The summed E-state index contributed by atoms with van der Waals surface area (Å²) in [5, 5.41) is 31.9. The van der Waals surface area contributed by atoms with Crippen LogP contribution in [-0.4, -0.2) is 182 Å². The third-order valence-electron chi connectivity index (χ3n) is 33.3. The number of ether oxygens (including phenoxy) is 5. The standard InChI is InChI=1S/2C35H47ClN2O6S.C34H45ClN2O4S/c2*1-23-5-3-6-27(20-39)29-11-8-26(29)19-38-21-35(15-4-7-24-17-28(36)10-12-30(24)35)22-44-32-13-9-25(18-31(32)38)34(40)37-45(41,42)33(23)14-16-43-2;1-22-6-4-7-27(19-38)29-12-9-26(29)18-37-20-34(15-5-8-24-16-28(35)11-13-30(24)34)21-41-32-14-10-25(17-31(32)37)33(39)36-42(3,40)23(22)2/h2*9-10,12-13,17-18,23,26-27,29,33,39H,3-8,11,14-16,19-22H2,1-2H3,(H,37,40);10-11,13-14,16-17,22-23,26-27,29,38H,3-9,12,15,18-21H2,1-2H3,(H,36,39,40)/t23-,26-,27+,29+,33+,35-;23-,26-,27-,29+,33+,35-;22-,23+,26-,27-,29+,34-,42?/m000/s1. The average molecular weight is 1930 g/mol. The third kappa shape index (κ3) is 21.1. The molecule has 6 aromatic rings. The second kappa shape index (κ2) is 41.8. The van der Waals surface area contributed by atoms with Gasteiger partial charge in [0.05, 0.1) is 57.1 Å². The van der Waals surface area contributed by atoms with Crippen molar-refractivity contribution in [1.29, 1.82) is 0 Å². The highest BCUT2D eigenvalue weighted by molar-refractivity contribution is 7.99. The van der Waals surface area contributed by atoms with Crippen molar-refractivity contribution in [3.05, 3.63) is 174 Å². The van der Waals surface area contributed by atoms with Crippen molar-refractivity contribution in [1.82, 2.24) is 14.2 Å². The van der Waals surface area contributed by atoms with Gasteiger partial charge in [0.2, 0.25) is 20.0 Å². The number of hydrogen-bond acceptors (Lipinski definition) is 19.